The molecular weight excluding hydrogens is 386 g/mol. The van der Waals surface area contributed by atoms with E-state index in [9.17, 15) is 8.42 Å². The van der Waals surface area contributed by atoms with Crippen molar-refractivity contribution in [2.75, 3.05) is 55.6 Å². The summed E-state index contributed by atoms with van der Waals surface area (Å²) in [5.41, 5.74) is 1.60. The summed E-state index contributed by atoms with van der Waals surface area (Å²) in [7, 11) is -1.49. The van der Waals surface area contributed by atoms with Crippen LogP contribution in [0.15, 0.2) is 53.4 Å². The lowest BCUT2D eigenvalue weighted by Crippen LogP contribution is -2.45. The number of likely N-dealkylation sites (N-methyl/N-ethyl adjacent to an activating group) is 1. The second-order valence-corrected chi connectivity index (χ2v) is 8.52. The average molecular weight is 410 g/mol. The molecule has 0 N–H and O–H groups in total. The zero-order valence-electron chi connectivity index (χ0n) is 15.2. The van der Waals surface area contributed by atoms with Gasteiger partial charge in [-0.2, -0.15) is 0 Å². The van der Waals surface area contributed by atoms with E-state index in [-0.39, 0.29) is 12.4 Å². The van der Waals surface area contributed by atoms with E-state index in [0.717, 1.165) is 31.9 Å². The summed E-state index contributed by atoms with van der Waals surface area (Å²) >= 11 is 0. The predicted molar refractivity (Wildman–Crippen MR) is 110 cm³/mol. The van der Waals surface area contributed by atoms with Crippen molar-refractivity contribution in [2.45, 2.75) is 4.90 Å². The fourth-order valence-electron chi connectivity index (χ4n) is 3.47. The lowest BCUT2D eigenvalue weighted by Gasteiger charge is -2.37. The molecular formula is C19H24ClN3O3S. The molecule has 8 heteroatoms. The summed E-state index contributed by atoms with van der Waals surface area (Å²) in [5.74, 6) is 0.669. The lowest BCUT2D eigenvalue weighted by atomic mass is 10.2. The molecule has 4 rings (SSSR count). The summed E-state index contributed by atoms with van der Waals surface area (Å²) in [4.78, 5) is 4.87. The van der Waals surface area contributed by atoms with Gasteiger partial charge in [-0.05, 0) is 31.3 Å². The molecule has 0 spiro atoms. The third-order valence-electron chi connectivity index (χ3n) is 4.96. The number of fused-ring (bicyclic) bond motifs is 1. The number of benzene rings is 2. The number of halogens is 1. The third-order valence-corrected chi connectivity index (χ3v) is 6.79. The fraction of sp³-hybridized carbons (Fsp3) is 0.368. The summed E-state index contributed by atoms with van der Waals surface area (Å²) in [6.07, 6.45) is 0. The molecule has 2 aliphatic rings. The van der Waals surface area contributed by atoms with Gasteiger partial charge < -0.3 is 14.5 Å². The molecule has 0 bridgehead atoms. The molecule has 27 heavy (non-hydrogen) atoms. The van der Waals surface area contributed by atoms with Gasteiger partial charge in [-0.3, -0.25) is 4.31 Å². The van der Waals surface area contributed by atoms with Crippen LogP contribution in [0.1, 0.15) is 0 Å². The van der Waals surface area contributed by atoms with Crippen molar-refractivity contribution in [3.05, 3.63) is 48.5 Å². The molecule has 2 aliphatic heterocycles. The third kappa shape index (κ3) is 3.72. The lowest BCUT2D eigenvalue weighted by molar-refractivity contribution is 0.301. The highest BCUT2D eigenvalue weighted by atomic mass is 35.5. The van der Waals surface area contributed by atoms with Gasteiger partial charge in [-0.25, -0.2) is 8.42 Å². The summed E-state index contributed by atoms with van der Waals surface area (Å²) < 4.78 is 33.7. The highest BCUT2D eigenvalue weighted by molar-refractivity contribution is 7.92. The molecule has 6 nitrogen and oxygen atoms in total. The SMILES string of the molecule is CN1CCN(c2cccc3c2OCCN3S(=O)(=O)c2ccccc2)CC1.Cl. The Balaban J connectivity index is 0.00000210. The van der Waals surface area contributed by atoms with Crippen LogP contribution in [0, 0.1) is 0 Å². The maximum atomic E-state index is 13.1. The van der Waals surface area contributed by atoms with Crippen LogP contribution in [-0.4, -0.2) is 59.7 Å². The fourth-order valence-corrected chi connectivity index (χ4v) is 4.95. The molecule has 146 valence electrons. The second kappa shape index (κ2) is 7.96. The Labute approximate surface area is 166 Å². The Hall–Kier alpha value is -1.96. The number of para-hydroxylation sites is 1. The van der Waals surface area contributed by atoms with Crippen molar-refractivity contribution in [3.63, 3.8) is 0 Å². The molecule has 2 aromatic carbocycles. The second-order valence-electron chi connectivity index (χ2n) is 6.65. The maximum absolute atomic E-state index is 13.1. The van der Waals surface area contributed by atoms with Gasteiger partial charge in [0.05, 0.1) is 22.8 Å². The van der Waals surface area contributed by atoms with Crippen LogP contribution in [0.5, 0.6) is 5.75 Å². The number of hydrogen-bond acceptors (Lipinski definition) is 5. The number of sulfonamides is 1. The predicted octanol–water partition coefficient (Wildman–Crippen LogP) is 2.45. The van der Waals surface area contributed by atoms with Crippen molar-refractivity contribution in [2.24, 2.45) is 0 Å². The van der Waals surface area contributed by atoms with Crippen LogP contribution >= 0.6 is 12.4 Å². The Bertz CT molecular complexity index is 884. The number of piperazine rings is 1. The Morgan fingerprint density at radius 2 is 1.52 bits per heavy atom. The molecule has 0 aliphatic carbocycles. The van der Waals surface area contributed by atoms with E-state index in [0.29, 0.717) is 29.5 Å². The first-order valence-corrected chi connectivity index (χ1v) is 10.3. The maximum Gasteiger partial charge on any atom is 0.264 e. The van der Waals surface area contributed by atoms with E-state index < -0.39 is 10.0 Å². The van der Waals surface area contributed by atoms with Crippen LogP contribution in [0.4, 0.5) is 11.4 Å². The first-order valence-electron chi connectivity index (χ1n) is 8.84. The van der Waals surface area contributed by atoms with Crippen molar-refractivity contribution < 1.29 is 13.2 Å². The van der Waals surface area contributed by atoms with Crippen LogP contribution in [0.2, 0.25) is 0 Å². The standard InChI is InChI=1S/C19H23N3O3S.ClH/c1-20-10-12-21(13-11-20)17-8-5-9-18-19(17)25-15-14-22(18)26(23,24)16-6-3-2-4-7-16;/h2-9H,10-15H2,1H3;1H. The normalized spacial score (nSPS) is 17.7. The first kappa shape index (κ1) is 19.8. The topological polar surface area (TPSA) is 53.1 Å². The zero-order chi connectivity index (χ0) is 18.1. The van der Waals surface area contributed by atoms with E-state index >= 15 is 0 Å². The van der Waals surface area contributed by atoms with Crippen molar-refractivity contribution in [3.8, 4) is 5.75 Å². The van der Waals surface area contributed by atoms with E-state index in [4.69, 9.17) is 4.74 Å². The van der Waals surface area contributed by atoms with E-state index in [1.165, 1.54) is 4.31 Å². The summed E-state index contributed by atoms with van der Waals surface area (Å²) in [6, 6.07) is 14.3. The monoisotopic (exact) mass is 409 g/mol. The summed E-state index contributed by atoms with van der Waals surface area (Å²) in [6.45, 7) is 4.44. The van der Waals surface area contributed by atoms with Gasteiger partial charge in [-0.15, -0.1) is 12.4 Å². The van der Waals surface area contributed by atoms with Gasteiger partial charge in [0, 0.05) is 26.2 Å². The van der Waals surface area contributed by atoms with E-state index in [1.807, 2.05) is 24.3 Å². The Morgan fingerprint density at radius 3 is 2.22 bits per heavy atom. The van der Waals surface area contributed by atoms with Crippen molar-refractivity contribution in [1.82, 2.24) is 4.90 Å². The minimum absolute atomic E-state index is 0. The molecule has 0 unspecified atom stereocenters. The number of nitrogens with zero attached hydrogens (tertiary/aromatic N) is 3. The van der Waals surface area contributed by atoms with Gasteiger partial charge in [0.15, 0.2) is 5.75 Å². The number of ether oxygens (including phenoxy) is 1. The minimum Gasteiger partial charge on any atom is -0.487 e. The average Bonchev–Trinajstić information content (AvgIpc) is 2.68. The molecule has 1 fully saturated rings. The smallest absolute Gasteiger partial charge is 0.264 e. The van der Waals surface area contributed by atoms with Crippen LogP contribution in [0.25, 0.3) is 0 Å². The van der Waals surface area contributed by atoms with Crippen LogP contribution < -0.4 is 13.9 Å². The van der Waals surface area contributed by atoms with E-state index in [2.05, 4.69) is 16.8 Å². The van der Waals surface area contributed by atoms with Gasteiger partial charge in [-0.1, -0.05) is 24.3 Å². The summed E-state index contributed by atoms with van der Waals surface area (Å²) in [5, 5.41) is 0. The highest BCUT2D eigenvalue weighted by Gasteiger charge is 2.32. The van der Waals surface area contributed by atoms with Crippen LogP contribution in [0.3, 0.4) is 0 Å². The molecule has 2 heterocycles. The molecule has 2 aromatic rings. The molecule has 0 aromatic heterocycles. The quantitative estimate of drug-likeness (QED) is 0.779. The first-order chi connectivity index (χ1) is 12.6. The molecule has 1 saturated heterocycles. The van der Waals surface area contributed by atoms with Crippen LogP contribution in [-0.2, 0) is 10.0 Å². The highest BCUT2D eigenvalue weighted by Crippen LogP contribution is 2.42. The van der Waals surface area contributed by atoms with Gasteiger partial charge >= 0.3 is 0 Å². The zero-order valence-corrected chi connectivity index (χ0v) is 16.9. The Kier molecular flexibility index (Phi) is 5.83. The molecule has 0 saturated carbocycles. The molecule has 0 amide bonds. The van der Waals surface area contributed by atoms with Gasteiger partial charge in [0.1, 0.15) is 6.61 Å². The number of rotatable bonds is 3. The number of anilines is 2. The van der Waals surface area contributed by atoms with Crippen molar-refractivity contribution in [1.29, 1.82) is 0 Å². The van der Waals surface area contributed by atoms with Gasteiger partial charge in [0.2, 0.25) is 0 Å². The molecule has 0 atom stereocenters. The van der Waals surface area contributed by atoms with Gasteiger partial charge in [0.25, 0.3) is 10.0 Å². The molecule has 0 radical (unpaired) electrons. The van der Waals surface area contributed by atoms with Crippen molar-refractivity contribution >= 4 is 33.8 Å². The van der Waals surface area contributed by atoms with E-state index in [1.54, 1.807) is 24.3 Å². The Morgan fingerprint density at radius 1 is 0.852 bits per heavy atom. The minimum atomic E-state index is -3.61. The largest absolute Gasteiger partial charge is 0.487 e. The number of hydrogen-bond donors (Lipinski definition) is 0.